The van der Waals surface area contributed by atoms with Gasteiger partial charge in [0.15, 0.2) is 0 Å². The summed E-state index contributed by atoms with van der Waals surface area (Å²) in [6.45, 7) is 4.26. The van der Waals surface area contributed by atoms with Gasteiger partial charge in [-0.3, -0.25) is 4.79 Å². The molecular formula is C18H28ClFN2O2. The van der Waals surface area contributed by atoms with Crippen LogP contribution in [0.15, 0.2) is 18.2 Å². The molecule has 0 aliphatic heterocycles. The van der Waals surface area contributed by atoms with Gasteiger partial charge in [0.05, 0.1) is 11.8 Å². The largest absolute Gasteiger partial charge is 0.491 e. The van der Waals surface area contributed by atoms with Crippen molar-refractivity contribution in [1.82, 2.24) is 0 Å². The molecule has 1 aliphatic rings. The van der Waals surface area contributed by atoms with Crippen LogP contribution < -0.4 is 15.8 Å². The van der Waals surface area contributed by atoms with Crippen molar-refractivity contribution in [2.45, 2.75) is 58.5 Å². The van der Waals surface area contributed by atoms with Crippen molar-refractivity contribution in [2.75, 3.05) is 11.9 Å². The molecule has 0 aromatic heterocycles. The average molecular weight is 359 g/mol. The minimum atomic E-state index is -0.484. The minimum absolute atomic E-state index is 0. The Hall–Kier alpha value is -1.33. The van der Waals surface area contributed by atoms with E-state index < -0.39 is 5.82 Å². The highest BCUT2D eigenvalue weighted by atomic mass is 35.5. The van der Waals surface area contributed by atoms with Crippen molar-refractivity contribution < 1.29 is 13.9 Å². The third-order valence-electron chi connectivity index (χ3n) is 4.47. The second kappa shape index (κ2) is 9.23. The van der Waals surface area contributed by atoms with Crippen molar-refractivity contribution >= 4 is 24.0 Å². The smallest absolute Gasteiger partial charge is 0.225 e. The first-order valence-electron chi connectivity index (χ1n) is 8.40. The maximum atomic E-state index is 14.1. The number of carbonyl (C=O) groups excluding carboxylic acids is 1. The van der Waals surface area contributed by atoms with Gasteiger partial charge in [-0.25, -0.2) is 4.39 Å². The molecular weight excluding hydrogens is 331 g/mol. The Morgan fingerprint density at radius 2 is 2.00 bits per heavy atom. The lowest BCUT2D eigenvalue weighted by Gasteiger charge is -2.35. The Morgan fingerprint density at radius 3 is 2.54 bits per heavy atom. The Morgan fingerprint density at radius 1 is 1.33 bits per heavy atom. The van der Waals surface area contributed by atoms with Crippen molar-refractivity contribution in [3.8, 4) is 5.75 Å². The first kappa shape index (κ1) is 20.7. The molecule has 6 heteroatoms. The molecule has 0 radical (unpaired) electrons. The molecule has 2 rings (SSSR count). The van der Waals surface area contributed by atoms with Gasteiger partial charge in [0.1, 0.15) is 11.6 Å². The molecule has 4 nitrogen and oxygen atoms in total. The second-order valence-corrected chi connectivity index (χ2v) is 6.80. The van der Waals surface area contributed by atoms with Gasteiger partial charge in [0, 0.05) is 12.5 Å². The molecule has 0 bridgehead atoms. The van der Waals surface area contributed by atoms with Crippen molar-refractivity contribution in [3.63, 3.8) is 0 Å². The van der Waals surface area contributed by atoms with Gasteiger partial charge in [0.2, 0.25) is 5.91 Å². The normalized spacial score (nSPS) is 16.4. The third-order valence-corrected chi connectivity index (χ3v) is 4.47. The number of amides is 1. The number of nitrogens with two attached hydrogens (primary N) is 1. The van der Waals surface area contributed by atoms with Crippen LogP contribution in [0.25, 0.3) is 0 Å². The van der Waals surface area contributed by atoms with Crippen molar-refractivity contribution in [2.24, 2.45) is 11.1 Å². The molecule has 0 heterocycles. The van der Waals surface area contributed by atoms with Crippen LogP contribution in [0.3, 0.4) is 0 Å². The quantitative estimate of drug-likeness (QED) is 0.798. The molecule has 1 fully saturated rings. The van der Waals surface area contributed by atoms with Gasteiger partial charge in [-0.2, -0.15) is 0 Å². The van der Waals surface area contributed by atoms with Gasteiger partial charge >= 0.3 is 0 Å². The van der Waals surface area contributed by atoms with Gasteiger partial charge in [-0.15, -0.1) is 12.4 Å². The van der Waals surface area contributed by atoms with E-state index in [1.807, 2.05) is 13.8 Å². The number of halogens is 2. The van der Waals surface area contributed by atoms with Gasteiger partial charge in [0.25, 0.3) is 0 Å². The molecule has 0 saturated heterocycles. The molecule has 1 aromatic rings. The molecule has 0 spiro atoms. The van der Waals surface area contributed by atoms with Crippen LogP contribution in [0, 0.1) is 11.2 Å². The highest BCUT2D eigenvalue weighted by Crippen LogP contribution is 2.38. The van der Waals surface area contributed by atoms with E-state index in [1.54, 1.807) is 12.1 Å². The number of nitrogens with one attached hydrogen (secondary N) is 1. The van der Waals surface area contributed by atoms with E-state index in [-0.39, 0.29) is 35.5 Å². The molecule has 1 aliphatic carbocycles. The predicted octanol–water partition coefficient (Wildman–Crippen LogP) is 4.27. The summed E-state index contributed by atoms with van der Waals surface area (Å²) in [6, 6.07) is 4.51. The van der Waals surface area contributed by atoms with E-state index in [0.717, 1.165) is 25.7 Å². The molecule has 136 valence electrons. The zero-order chi connectivity index (χ0) is 16.9. The van der Waals surface area contributed by atoms with E-state index in [2.05, 4.69) is 5.32 Å². The summed E-state index contributed by atoms with van der Waals surface area (Å²) >= 11 is 0. The van der Waals surface area contributed by atoms with Crippen LogP contribution >= 0.6 is 12.4 Å². The minimum Gasteiger partial charge on any atom is -0.491 e. The average Bonchev–Trinajstić information content (AvgIpc) is 2.50. The standard InChI is InChI=1S/C18H27FN2O2.ClH/c1-13(2)23-14-6-7-16(15(19)10-14)21-17(22)11-18(12-20)8-4-3-5-9-18;/h6-7,10,13H,3-5,8-9,11-12,20H2,1-2H3,(H,21,22);1H. The first-order chi connectivity index (χ1) is 10.9. The lowest BCUT2D eigenvalue weighted by atomic mass is 9.71. The first-order valence-corrected chi connectivity index (χ1v) is 8.40. The van der Waals surface area contributed by atoms with Crippen LogP contribution in [-0.2, 0) is 4.79 Å². The number of rotatable bonds is 6. The van der Waals surface area contributed by atoms with E-state index in [1.165, 1.54) is 12.5 Å². The van der Waals surface area contributed by atoms with Crippen LogP contribution in [0.2, 0.25) is 0 Å². The fraction of sp³-hybridized carbons (Fsp3) is 0.611. The van der Waals surface area contributed by atoms with E-state index >= 15 is 0 Å². The third kappa shape index (κ3) is 5.64. The van der Waals surface area contributed by atoms with Gasteiger partial charge in [-0.1, -0.05) is 19.3 Å². The summed E-state index contributed by atoms with van der Waals surface area (Å²) in [6.07, 6.45) is 5.70. The van der Waals surface area contributed by atoms with E-state index in [0.29, 0.717) is 18.7 Å². The predicted molar refractivity (Wildman–Crippen MR) is 97.2 cm³/mol. The Bertz CT molecular complexity index is 546. The molecule has 24 heavy (non-hydrogen) atoms. The highest BCUT2D eigenvalue weighted by Gasteiger charge is 2.33. The lowest BCUT2D eigenvalue weighted by Crippen LogP contribution is -2.36. The van der Waals surface area contributed by atoms with E-state index in [9.17, 15) is 9.18 Å². The molecule has 1 saturated carbocycles. The van der Waals surface area contributed by atoms with E-state index in [4.69, 9.17) is 10.5 Å². The molecule has 0 atom stereocenters. The Kier molecular flexibility index (Phi) is 7.97. The number of benzene rings is 1. The van der Waals surface area contributed by atoms with Crippen LogP contribution in [0.5, 0.6) is 5.75 Å². The zero-order valence-corrected chi connectivity index (χ0v) is 15.3. The number of anilines is 1. The Labute approximate surface area is 149 Å². The molecule has 0 unspecified atom stereocenters. The summed E-state index contributed by atoms with van der Waals surface area (Å²) in [7, 11) is 0. The summed E-state index contributed by atoms with van der Waals surface area (Å²) in [4.78, 5) is 12.3. The topological polar surface area (TPSA) is 64.3 Å². The number of ether oxygens (including phenoxy) is 1. The maximum Gasteiger partial charge on any atom is 0.225 e. The number of carbonyl (C=O) groups is 1. The van der Waals surface area contributed by atoms with Crippen molar-refractivity contribution in [3.05, 3.63) is 24.0 Å². The second-order valence-electron chi connectivity index (χ2n) is 6.80. The maximum absolute atomic E-state index is 14.1. The van der Waals surface area contributed by atoms with Gasteiger partial charge < -0.3 is 15.8 Å². The fourth-order valence-electron chi connectivity index (χ4n) is 3.23. The molecule has 3 N–H and O–H groups in total. The highest BCUT2D eigenvalue weighted by molar-refractivity contribution is 5.91. The number of hydrogen-bond donors (Lipinski definition) is 2. The zero-order valence-electron chi connectivity index (χ0n) is 14.4. The lowest BCUT2D eigenvalue weighted by molar-refractivity contribution is -0.118. The summed E-state index contributed by atoms with van der Waals surface area (Å²) in [5.74, 6) is -0.197. The van der Waals surface area contributed by atoms with Crippen LogP contribution in [0.4, 0.5) is 10.1 Å². The monoisotopic (exact) mass is 358 g/mol. The fourth-order valence-corrected chi connectivity index (χ4v) is 3.23. The van der Waals surface area contributed by atoms with Crippen LogP contribution in [-0.4, -0.2) is 18.6 Å². The molecule has 1 aromatic carbocycles. The SMILES string of the molecule is CC(C)Oc1ccc(NC(=O)CC2(CN)CCCCC2)c(F)c1.Cl. The summed E-state index contributed by atoms with van der Waals surface area (Å²) in [5.41, 5.74) is 5.97. The molecule has 1 amide bonds. The summed E-state index contributed by atoms with van der Waals surface area (Å²) < 4.78 is 19.5. The summed E-state index contributed by atoms with van der Waals surface area (Å²) in [5, 5.41) is 2.67. The van der Waals surface area contributed by atoms with Crippen molar-refractivity contribution in [1.29, 1.82) is 0 Å². The van der Waals surface area contributed by atoms with Gasteiger partial charge in [-0.05, 0) is 50.8 Å². The number of hydrogen-bond acceptors (Lipinski definition) is 3. The van der Waals surface area contributed by atoms with Crippen LogP contribution in [0.1, 0.15) is 52.4 Å². The Balaban J connectivity index is 0.00000288.